The van der Waals surface area contributed by atoms with Crippen LogP contribution in [-0.2, 0) is 22.4 Å². The molecule has 0 radical (unpaired) electrons. The Balaban J connectivity index is 1.48. The maximum absolute atomic E-state index is 11.7. The second kappa shape index (κ2) is 11.0. The molecule has 0 aliphatic carbocycles. The molecule has 1 aromatic heterocycles. The lowest BCUT2D eigenvalue weighted by Gasteiger charge is -2.16. The van der Waals surface area contributed by atoms with Crippen molar-refractivity contribution in [3.05, 3.63) is 83.7 Å². The van der Waals surface area contributed by atoms with E-state index in [-0.39, 0.29) is 0 Å². The zero-order valence-electron chi connectivity index (χ0n) is 19.6. The number of hydrogen-bond donors (Lipinski definition) is 2. The van der Waals surface area contributed by atoms with E-state index in [4.69, 9.17) is 14.5 Å². The molecular weight excluding hydrogens is 428 g/mol. The molecule has 0 fully saturated rings. The van der Waals surface area contributed by atoms with Crippen molar-refractivity contribution in [2.45, 2.75) is 39.2 Å². The molecule has 0 amide bonds. The highest BCUT2D eigenvalue weighted by molar-refractivity contribution is 5.91. The van der Waals surface area contributed by atoms with E-state index in [2.05, 4.69) is 4.98 Å². The number of rotatable bonds is 11. The third-order valence-electron chi connectivity index (χ3n) is 5.81. The highest BCUT2D eigenvalue weighted by Crippen LogP contribution is 2.30. The van der Waals surface area contributed by atoms with Gasteiger partial charge in [-0.1, -0.05) is 67.6 Å². The lowest BCUT2D eigenvalue weighted by molar-refractivity contribution is -0.150. The van der Waals surface area contributed by atoms with E-state index in [9.17, 15) is 9.90 Å². The standard InChI is InChI=1S/C28H30N2O4/c1-3-16-33-26(28(31)32)18-21-13-14-25(23-12-8-7-11-22(21)23)34-17-15-24-19(2)29-27(30-24)20-9-5-4-6-10-20/h4-14,26H,3,15-18H2,1-2H3,(H,29,30)(H,31,32). The molecule has 34 heavy (non-hydrogen) atoms. The summed E-state index contributed by atoms with van der Waals surface area (Å²) in [5.41, 5.74) is 4.01. The summed E-state index contributed by atoms with van der Waals surface area (Å²) in [5, 5.41) is 11.5. The van der Waals surface area contributed by atoms with Gasteiger partial charge >= 0.3 is 5.97 Å². The summed E-state index contributed by atoms with van der Waals surface area (Å²) in [6.45, 7) is 4.90. The van der Waals surface area contributed by atoms with Crippen LogP contribution in [0.15, 0.2) is 66.7 Å². The first-order chi connectivity index (χ1) is 16.6. The van der Waals surface area contributed by atoms with Crippen LogP contribution in [0.5, 0.6) is 5.75 Å². The highest BCUT2D eigenvalue weighted by Gasteiger charge is 2.20. The predicted molar refractivity (Wildman–Crippen MR) is 133 cm³/mol. The number of aromatic amines is 1. The van der Waals surface area contributed by atoms with E-state index < -0.39 is 12.1 Å². The number of hydrogen-bond acceptors (Lipinski definition) is 4. The minimum Gasteiger partial charge on any atom is -0.493 e. The van der Waals surface area contributed by atoms with Crippen LogP contribution in [0.4, 0.5) is 0 Å². The molecule has 4 aromatic rings. The average molecular weight is 459 g/mol. The first kappa shape index (κ1) is 23.5. The summed E-state index contributed by atoms with van der Waals surface area (Å²) >= 11 is 0. The second-order valence-corrected chi connectivity index (χ2v) is 8.29. The molecule has 0 aliphatic heterocycles. The number of nitrogens with zero attached hydrogens (tertiary/aromatic N) is 1. The number of ether oxygens (including phenoxy) is 2. The zero-order chi connectivity index (χ0) is 23.9. The predicted octanol–water partition coefficient (Wildman–Crippen LogP) is 5.58. The fourth-order valence-corrected chi connectivity index (χ4v) is 4.05. The Morgan fingerprint density at radius 3 is 2.47 bits per heavy atom. The van der Waals surface area contributed by atoms with Crippen molar-refractivity contribution in [2.75, 3.05) is 13.2 Å². The number of fused-ring (bicyclic) bond motifs is 1. The molecule has 1 heterocycles. The Bertz CT molecular complexity index is 1250. The summed E-state index contributed by atoms with van der Waals surface area (Å²) in [6, 6.07) is 21.8. The lowest BCUT2D eigenvalue weighted by atomic mass is 9.99. The van der Waals surface area contributed by atoms with Crippen molar-refractivity contribution >= 4 is 16.7 Å². The normalized spacial score (nSPS) is 12.1. The van der Waals surface area contributed by atoms with Crippen LogP contribution in [0.1, 0.15) is 30.3 Å². The first-order valence-corrected chi connectivity index (χ1v) is 11.7. The molecule has 0 saturated heterocycles. The molecule has 4 rings (SSSR count). The van der Waals surface area contributed by atoms with E-state index in [1.807, 2.05) is 80.6 Å². The van der Waals surface area contributed by atoms with Crippen molar-refractivity contribution < 1.29 is 19.4 Å². The van der Waals surface area contributed by atoms with Crippen LogP contribution < -0.4 is 4.74 Å². The topological polar surface area (TPSA) is 84.4 Å². The molecule has 1 unspecified atom stereocenters. The molecule has 6 heteroatoms. The van der Waals surface area contributed by atoms with Gasteiger partial charge in [-0.15, -0.1) is 0 Å². The van der Waals surface area contributed by atoms with Crippen LogP contribution in [0.25, 0.3) is 22.2 Å². The fraction of sp³-hybridized carbons (Fsp3) is 0.286. The number of benzene rings is 3. The molecule has 1 atom stereocenters. The molecule has 0 spiro atoms. The number of nitrogens with one attached hydrogen (secondary N) is 1. The van der Waals surface area contributed by atoms with Gasteiger partial charge in [0.1, 0.15) is 11.6 Å². The van der Waals surface area contributed by atoms with E-state index in [0.717, 1.165) is 51.3 Å². The molecule has 2 N–H and O–H groups in total. The van der Waals surface area contributed by atoms with Gasteiger partial charge in [0.15, 0.2) is 6.10 Å². The van der Waals surface area contributed by atoms with Crippen molar-refractivity contribution in [1.82, 2.24) is 9.97 Å². The third kappa shape index (κ3) is 5.46. The summed E-state index contributed by atoms with van der Waals surface area (Å²) in [5.74, 6) is 0.695. The van der Waals surface area contributed by atoms with Gasteiger partial charge in [-0.25, -0.2) is 9.78 Å². The number of aliphatic carboxylic acids is 1. The lowest BCUT2D eigenvalue weighted by Crippen LogP contribution is -2.26. The van der Waals surface area contributed by atoms with Crippen LogP contribution in [0, 0.1) is 6.92 Å². The SMILES string of the molecule is CCCOC(Cc1ccc(OCCc2nc(-c3ccccc3)[nH]c2C)c2ccccc12)C(=O)O. The van der Waals surface area contributed by atoms with E-state index in [0.29, 0.717) is 26.1 Å². The quantitative estimate of drug-likeness (QED) is 0.306. The minimum atomic E-state index is -0.942. The minimum absolute atomic E-state index is 0.310. The smallest absolute Gasteiger partial charge is 0.333 e. The number of carboxylic acid groups (broad SMARTS) is 1. The number of aromatic nitrogens is 2. The molecule has 3 aromatic carbocycles. The Kier molecular flexibility index (Phi) is 7.60. The average Bonchev–Trinajstić information content (AvgIpc) is 3.23. The van der Waals surface area contributed by atoms with E-state index >= 15 is 0 Å². The van der Waals surface area contributed by atoms with Gasteiger partial charge in [0.25, 0.3) is 0 Å². The number of aryl methyl sites for hydroxylation is 1. The van der Waals surface area contributed by atoms with Crippen molar-refractivity contribution in [2.24, 2.45) is 0 Å². The number of carboxylic acids is 1. The summed E-state index contributed by atoms with van der Waals surface area (Å²) < 4.78 is 11.7. The monoisotopic (exact) mass is 458 g/mol. The number of H-pyrrole nitrogens is 1. The largest absolute Gasteiger partial charge is 0.493 e. The molecule has 0 bridgehead atoms. The van der Waals surface area contributed by atoms with Gasteiger partial charge in [-0.05, 0) is 30.4 Å². The highest BCUT2D eigenvalue weighted by atomic mass is 16.5. The maximum atomic E-state index is 11.7. The zero-order valence-corrected chi connectivity index (χ0v) is 19.6. The van der Waals surface area contributed by atoms with Crippen LogP contribution in [0.2, 0.25) is 0 Å². The maximum Gasteiger partial charge on any atom is 0.333 e. The Hall–Kier alpha value is -3.64. The van der Waals surface area contributed by atoms with Crippen LogP contribution in [-0.4, -0.2) is 40.4 Å². The molecule has 6 nitrogen and oxygen atoms in total. The van der Waals surface area contributed by atoms with Gasteiger partial charge in [0, 0.05) is 36.1 Å². The summed E-state index contributed by atoms with van der Waals surface area (Å²) in [7, 11) is 0. The van der Waals surface area contributed by atoms with Crippen LogP contribution in [0.3, 0.4) is 0 Å². The third-order valence-corrected chi connectivity index (χ3v) is 5.81. The first-order valence-electron chi connectivity index (χ1n) is 11.7. The van der Waals surface area contributed by atoms with Gasteiger partial charge in [0.2, 0.25) is 0 Å². The number of imidazole rings is 1. The van der Waals surface area contributed by atoms with E-state index in [1.54, 1.807) is 0 Å². The second-order valence-electron chi connectivity index (χ2n) is 8.29. The van der Waals surface area contributed by atoms with Crippen molar-refractivity contribution in [1.29, 1.82) is 0 Å². The van der Waals surface area contributed by atoms with Crippen molar-refractivity contribution in [3.63, 3.8) is 0 Å². The van der Waals surface area contributed by atoms with E-state index in [1.165, 1.54) is 0 Å². The fourth-order valence-electron chi connectivity index (χ4n) is 4.05. The number of carbonyl (C=O) groups is 1. The van der Waals surface area contributed by atoms with Crippen molar-refractivity contribution in [3.8, 4) is 17.1 Å². The van der Waals surface area contributed by atoms with Gasteiger partial charge < -0.3 is 19.6 Å². The summed E-state index contributed by atoms with van der Waals surface area (Å²) in [4.78, 5) is 19.8. The molecule has 176 valence electrons. The summed E-state index contributed by atoms with van der Waals surface area (Å²) in [6.07, 6.45) is 0.901. The van der Waals surface area contributed by atoms with Gasteiger partial charge in [0.05, 0.1) is 12.3 Å². The Morgan fingerprint density at radius 1 is 1.00 bits per heavy atom. The van der Waals surface area contributed by atoms with Crippen LogP contribution >= 0.6 is 0 Å². The molecule has 0 saturated carbocycles. The molecule has 0 aliphatic rings. The Morgan fingerprint density at radius 2 is 1.74 bits per heavy atom. The molecular formula is C28H30N2O4. The Labute approximate surface area is 199 Å². The van der Waals surface area contributed by atoms with Gasteiger partial charge in [-0.3, -0.25) is 0 Å². The van der Waals surface area contributed by atoms with Gasteiger partial charge in [-0.2, -0.15) is 0 Å².